The molecule has 12 heteroatoms. The normalized spacial score (nSPS) is 29.0. The van der Waals surface area contributed by atoms with Gasteiger partial charge in [0.1, 0.15) is 33.6 Å². The molecule has 7 N–H and O–H groups in total. The van der Waals surface area contributed by atoms with E-state index in [4.69, 9.17) is 5.73 Å². The minimum Gasteiger partial charge on any atom is -0.510 e. The highest BCUT2D eigenvalue weighted by molar-refractivity contribution is 14.1. The van der Waals surface area contributed by atoms with Gasteiger partial charge in [-0.1, -0.05) is 22.6 Å². The molecule has 1 aromatic rings. The van der Waals surface area contributed by atoms with Gasteiger partial charge >= 0.3 is 0 Å². The van der Waals surface area contributed by atoms with Crippen molar-refractivity contribution in [3.05, 3.63) is 45.9 Å². The van der Waals surface area contributed by atoms with Gasteiger partial charge in [-0.15, -0.1) is 0 Å². The number of nitrogens with one attached hydrogen (secondary N) is 1. The highest BCUT2D eigenvalue weighted by Gasteiger charge is 2.63. The van der Waals surface area contributed by atoms with Gasteiger partial charge in [-0.3, -0.25) is 19.3 Å². The number of nitrogens with zero attached hydrogens (tertiary/aromatic N) is 1. The summed E-state index contributed by atoms with van der Waals surface area (Å²) in [4.78, 5) is 40.2. The van der Waals surface area contributed by atoms with Crippen molar-refractivity contribution in [2.24, 2.45) is 17.6 Å². The Morgan fingerprint density at radius 1 is 1.31 bits per heavy atom. The molecule has 1 amide bonds. The summed E-state index contributed by atoms with van der Waals surface area (Å²) in [6.45, 7) is -0.685. The smallest absolute Gasteiger partial charge is 0.255 e. The highest BCUT2D eigenvalue weighted by atomic mass is 127. The quantitative estimate of drug-likeness (QED) is 0.0956. The number of alkyl halides is 2. The molecule has 3 aliphatic rings. The van der Waals surface area contributed by atoms with Crippen LogP contribution in [0.5, 0.6) is 5.75 Å². The Hall–Kier alpha value is -2.71. The number of phenols is 1. The van der Waals surface area contributed by atoms with Crippen LogP contribution >= 0.6 is 22.6 Å². The van der Waals surface area contributed by atoms with Crippen LogP contribution in [0.1, 0.15) is 22.3 Å². The van der Waals surface area contributed by atoms with Crippen LogP contribution in [-0.4, -0.2) is 79.3 Å². The molecule has 5 atom stereocenters. The molecule has 0 radical (unpaired) electrons. The number of allylic oxidation sites excluding steroid dienone is 1. The van der Waals surface area contributed by atoms with Gasteiger partial charge in [0.15, 0.2) is 11.4 Å². The summed E-state index contributed by atoms with van der Waals surface area (Å²) in [6, 6.07) is 1.72. The number of rotatable bonds is 5. The van der Waals surface area contributed by atoms with Crippen LogP contribution in [0.4, 0.5) is 10.1 Å². The number of anilines is 1. The third-order valence-electron chi connectivity index (χ3n) is 7.05. The molecule has 0 saturated carbocycles. The van der Waals surface area contributed by atoms with E-state index in [1.165, 1.54) is 17.0 Å². The number of carbonyl (C=O) groups excluding carboxylic acids is 3. The third kappa shape index (κ3) is 3.61. The lowest BCUT2D eigenvalue weighted by Gasteiger charge is -2.50. The standard InChI is InChI=1S/C23H25FIN3O7/c1-28(2)17-10-6-8-5-9-11(27-13(25)7-24)3-4-12(29)15(9)18(30)14(8)20(32)23(10,35)21(33)16(19(17)31)22(26)34/h3-4,8,10,13,17,27,29,31-32,35H,5-7H2,1-2H3,(H2,26,34). The van der Waals surface area contributed by atoms with Crippen LogP contribution < -0.4 is 11.1 Å². The molecular weight excluding hydrogens is 576 g/mol. The number of hydrogen-bond donors (Lipinski definition) is 6. The van der Waals surface area contributed by atoms with Crippen LogP contribution in [0.25, 0.3) is 0 Å². The van der Waals surface area contributed by atoms with Crippen LogP contribution in [0.2, 0.25) is 0 Å². The van der Waals surface area contributed by atoms with Gasteiger partial charge in [-0.2, -0.15) is 0 Å². The van der Waals surface area contributed by atoms with Crippen LogP contribution in [-0.2, 0) is 16.0 Å². The molecule has 0 aromatic heterocycles. The van der Waals surface area contributed by atoms with Crippen molar-refractivity contribution in [2.45, 2.75) is 28.5 Å². The molecule has 1 aromatic carbocycles. The van der Waals surface area contributed by atoms with Crippen molar-refractivity contribution in [3.8, 4) is 5.75 Å². The predicted molar refractivity (Wildman–Crippen MR) is 131 cm³/mol. The molecule has 0 fully saturated rings. The Morgan fingerprint density at radius 2 is 1.97 bits per heavy atom. The number of amides is 1. The summed E-state index contributed by atoms with van der Waals surface area (Å²) in [5.41, 5.74) is 2.25. The number of aromatic hydroxyl groups is 1. The van der Waals surface area contributed by atoms with E-state index in [9.17, 15) is 39.2 Å². The van der Waals surface area contributed by atoms with Crippen molar-refractivity contribution >= 4 is 45.8 Å². The maximum Gasteiger partial charge on any atom is 0.255 e. The minimum absolute atomic E-state index is 0.0162. The Bertz CT molecular complexity index is 1210. The van der Waals surface area contributed by atoms with Gasteiger partial charge in [0.05, 0.1) is 11.6 Å². The van der Waals surface area contributed by atoms with E-state index >= 15 is 0 Å². The molecule has 0 heterocycles. The second kappa shape index (κ2) is 8.75. The topological polar surface area (TPSA) is 173 Å². The lowest BCUT2D eigenvalue weighted by atomic mass is 9.58. The summed E-state index contributed by atoms with van der Waals surface area (Å²) < 4.78 is 12.5. The average Bonchev–Trinajstić information content (AvgIpc) is 2.77. The van der Waals surface area contributed by atoms with Gasteiger partial charge in [0, 0.05) is 17.2 Å². The summed E-state index contributed by atoms with van der Waals surface area (Å²) in [5, 5.41) is 47.0. The summed E-state index contributed by atoms with van der Waals surface area (Å²) >= 11 is 1.86. The number of fused-ring (bicyclic) bond motifs is 3. The van der Waals surface area contributed by atoms with E-state index in [2.05, 4.69) is 5.32 Å². The summed E-state index contributed by atoms with van der Waals surface area (Å²) in [7, 11) is 3.12. The first-order valence-corrected chi connectivity index (χ1v) is 12.1. The maximum atomic E-state index is 13.5. The number of carbonyl (C=O) groups is 3. The van der Waals surface area contributed by atoms with Crippen molar-refractivity contribution < 1.29 is 39.2 Å². The van der Waals surface area contributed by atoms with E-state index in [-0.39, 0.29) is 29.7 Å². The lowest BCUT2D eigenvalue weighted by molar-refractivity contribution is -0.148. The van der Waals surface area contributed by atoms with E-state index in [0.717, 1.165) is 0 Å². The Labute approximate surface area is 213 Å². The fourth-order valence-corrected chi connectivity index (χ4v) is 5.93. The van der Waals surface area contributed by atoms with Crippen LogP contribution in [0.15, 0.2) is 34.8 Å². The van der Waals surface area contributed by atoms with Gasteiger partial charge in [0.2, 0.25) is 5.78 Å². The SMILES string of the molecule is CN(C)C1C(O)=C(C(N)=O)C(=O)C2(O)C(O)=C3C(=O)c4c(O)ccc(NC(I)CF)c4CC3CC12. The molecule has 0 aliphatic heterocycles. The number of likely N-dealkylation sites (N-methyl/N-ethyl adjacent to an activating group) is 1. The van der Waals surface area contributed by atoms with Crippen LogP contribution in [0.3, 0.4) is 0 Å². The van der Waals surface area contributed by atoms with Gasteiger partial charge < -0.3 is 31.5 Å². The fourth-order valence-electron chi connectivity index (χ4n) is 5.59. The van der Waals surface area contributed by atoms with Crippen molar-refractivity contribution in [1.82, 2.24) is 4.90 Å². The van der Waals surface area contributed by atoms with E-state index in [0.29, 0.717) is 11.3 Å². The molecule has 0 spiro atoms. The molecule has 5 unspecified atom stereocenters. The number of aliphatic hydroxyl groups excluding tert-OH is 2. The largest absolute Gasteiger partial charge is 0.510 e. The van der Waals surface area contributed by atoms with E-state index in [1.54, 1.807) is 14.1 Å². The third-order valence-corrected chi connectivity index (χ3v) is 7.70. The molecule has 35 heavy (non-hydrogen) atoms. The maximum absolute atomic E-state index is 13.5. The molecule has 10 nitrogen and oxygen atoms in total. The van der Waals surface area contributed by atoms with Crippen LogP contribution in [0, 0.1) is 11.8 Å². The molecule has 0 saturated heterocycles. The summed E-state index contributed by atoms with van der Waals surface area (Å²) in [6.07, 6.45) is 0.110. The van der Waals surface area contributed by atoms with Gasteiger partial charge in [-0.25, -0.2) is 4.39 Å². The molecule has 0 bridgehead atoms. The van der Waals surface area contributed by atoms with Crippen molar-refractivity contribution in [3.63, 3.8) is 0 Å². The number of primary amides is 1. The number of hydrogen-bond acceptors (Lipinski definition) is 9. The molecule has 4 rings (SSSR count). The second-order valence-corrected chi connectivity index (χ2v) is 10.7. The van der Waals surface area contributed by atoms with Gasteiger partial charge in [-0.05, 0) is 50.6 Å². The monoisotopic (exact) mass is 601 g/mol. The molecular formula is C23H25FIN3O7. The highest BCUT2D eigenvalue weighted by Crippen LogP contribution is 2.52. The zero-order valence-corrected chi connectivity index (χ0v) is 21.0. The predicted octanol–water partition coefficient (Wildman–Crippen LogP) is 1.26. The van der Waals surface area contributed by atoms with E-state index < -0.39 is 68.8 Å². The average molecular weight is 601 g/mol. The first-order valence-electron chi connectivity index (χ1n) is 10.8. The van der Waals surface area contributed by atoms with Crippen molar-refractivity contribution in [1.29, 1.82) is 0 Å². The zero-order chi connectivity index (χ0) is 26.0. The first-order chi connectivity index (χ1) is 16.4. The number of Topliss-reactive ketones (excluding diaryl/α,β-unsaturated/α-hetero) is 2. The number of benzene rings is 1. The fraction of sp³-hybridized carbons (Fsp3) is 0.435. The van der Waals surface area contributed by atoms with Crippen molar-refractivity contribution in [2.75, 3.05) is 26.1 Å². The Kier molecular flexibility index (Phi) is 6.34. The number of ketones is 2. The zero-order valence-electron chi connectivity index (χ0n) is 18.9. The second-order valence-electron chi connectivity index (χ2n) is 9.22. The number of halogens is 2. The Morgan fingerprint density at radius 3 is 2.54 bits per heavy atom. The summed E-state index contributed by atoms with van der Waals surface area (Å²) in [5.74, 6) is -7.08. The molecule has 3 aliphatic carbocycles. The molecule has 188 valence electrons. The number of nitrogens with two attached hydrogens (primary N) is 1. The minimum atomic E-state index is -2.68. The number of aliphatic hydroxyl groups is 3. The Balaban J connectivity index is 1.92. The lowest BCUT2D eigenvalue weighted by Crippen LogP contribution is -2.63. The van der Waals surface area contributed by atoms with Gasteiger partial charge in [0.25, 0.3) is 5.91 Å². The first kappa shape index (κ1) is 25.4. The van der Waals surface area contributed by atoms with E-state index in [1.807, 2.05) is 22.6 Å². The number of phenolic OH excluding ortho intramolecular Hbond substituents is 1.